The molecule has 0 fully saturated rings. The Morgan fingerprint density at radius 3 is 2.77 bits per heavy atom. The van der Waals surface area contributed by atoms with Crippen LogP contribution in [0.25, 0.3) is 0 Å². The zero-order chi connectivity index (χ0) is 22.3. The Kier molecular flexibility index (Phi) is 9.08. The minimum Gasteiger partial charge on any atom is -0.488 e. The van der Waals surface area contributed by atoms with Crippen molar-refractivity contribution in [3.63, 3.8) is 0 Å². The predicted molar refractivity (Wildman–Crippen MR) is 118 cm³/mol. The Balaban J connectivity index is 2.27. The van der Waals surface area contributed by atoms with Gasteiger partial charge in [-0.05, 0) is 59.2 Å². The van der Waals surface area contributed by atoms with E-state index in [1.165, 1.54) is 0 Å². The topological polar surface area (TPSA) is 94.1 Å². The maximum absolute atomic E-state index is 13.3. The van der Waals surface area contributed by atoms with Crippen LogP contribution in [0.2, 0.25) is 0 Å². The lowest BCUT2D eigenvalue weighted by molar-refractivity contribution is -0.116. The highest BCUT2D eigenvalue weighted by Gasteiger charge is 2.32. The monoisotopic (exact) mass is 420 g/mol. The summed E-state index contributed by atoms with van der Waals surface area (Å²) in [5.41, 5.74) is 0.963. The molecule has 0 unspecified atom stereocenters. The fourth-order valence-corrected chi connectivity index (χ4v) is 3.52. The first-order chi connectivity index (χ1) is 14.3. The van der Waals surface area contributed by atoms with Gasteiger partial charge in [0.05, 0.1) is 18.2 Å². The summed E-state index contributed by atoms with van der Waals surface area (Å²) in [5, 5.41) is 15.7. The fourth-order valence-electron chi connectivity index (χ4n) is 3.52. The summed E-state index contributed by atoms with van der Waals surface area (Å²) >= 11 is 0. The minimum absolute atomic E-state index is 0.0830. The smallest absolute Gasteiger partial charge is 0.258 e. The van der Waals surface area contributed by atoms with Crippen LogP contribution < -0.4 is 15.4 Å². The van der Waals surface area contributed by atoms with Crippen molar-refractivity contribution < 1.29 is 19.4 Å². The molecular formula is C22H36N4O4. The van der Waals surface area contributed by atoms with Crippen molar-refractivity contribution in [3.8, 4) is 5.75 Å². The van der Waals surface area contributed by atoms with E-state index in [1.807, 2.05) is 39.9 Å². The molecule has 3 atom stereocenters. The Morgan fingerprint density at radius 1 is 1.40 bits per heavy atom. The first-order valence-corrected chi connectivity index (χ1v) is 10.6. The Morgan fingerprint density at radius 2 is 2.13 bits per heavy atom. The summed E-state index contributed by atoms with van der Waals surface area (Å²) in [5.74, 6) is 0.287. The molecule has 0 spiro atoms. The molecule has 0 bridgehead atoms. The molecule has 8 nitrogen and oxygen atoms in total. The average Bonchev–Trinajstić information content (AvgIpc) is 2.70. The molecule has 2 rings (SSSR count). The number of aliphatic hydroxyl groups is 1. The van der Waals surface area contributed by atoms with Gasteiger partial charge in [-0.1, -0.05) is 6.92 Å². The van der Waals surface area contributed by atoms with Crippen LogP contribution >= 0.6 is 0 Å². The van der Waals surface area contributed by atoms with Crippen molar-refractivity contribution in [2.75, 3.05) is 52.7 Å². The quantitative estimate of drug-likeness (QED) is 0.559. The van der Waals surface area contributed by atoms with Gasteiger partial charge in [0.15, 0.2) is 0 Å². The zero-order valence-electron chi connectivity index (χ0n) is 18.8. The zero-order valence-corrected chi connectivity index (χ0v) is 18.8. The molecule has 168 valence electrons. The lowest BCUT2D eigenvalue weighted by atomic mass is 9.99. The molecule has 1 aromatic carbocycles. The number of hydrogen-bond acceptors (Lipinski definition) is 6. The van der Waals surface area contributed by atoms with Crippen LogP contribution in [0.5, 0.6) is 5.75 Å². The van der Waals surface area contributed by atoms with E-state index in [1.54, 1.807) is 23.1 Å². The van der Waals surface area contributed by atoms with Crippen molar-refractivity contribution in [1.82, 2.24) is 15.1 Å². The lowest BCUT2D eigenvalue weighted by Crippen LogP contribution is -2.49. The SMILES string of the molecule is CNC[C@@H]1Oc2ccc(NC(=O)CCCN(C)C)cc2C(=O)N([C@H](C)CO)C[C@H]1C. The number of carbonyl (C=O) groups is 2. The van der Waals surface area contributed by atoms with Crippen molar-refractivity contribution in [2.24, 2.45) is 5.92 Å². The molecule has 1 heterocycles. The van der Waals surface area contributed by atoms with E-state index < -0.39 is 0 Å². The van der Waals surface area contributed by atoms with Crippen LogP contribution in [-0.4, -0.2) is 86.3 Å². The van der Waals surface area contributed by atoms with Crippen molar-refractivity contribution in [2.45, 2.75) is 38.8 Å². The van der Waals surface area contributed by atoms with Gasteiger partial charge < -0.3 is 30.3 Å². The van der Waals surface area contributed by atoms with Gasteiger partial charge in [-0.15, -0.1) is 0 Å². The van der Waals surface area contributed by atoms with E-state index in [0.717, 1.165) is 13.0 Å². The number of anilines is 1. The fraction of sp³-hybridized carbons (Fsp3) is 0.636. The second-order valence-corrected chi connectivity index (χ2v) is 8.35. The molecule has 2 amide bonds. The number of benzene rings is 1. The van der Waals surface area contributed by atoms with Gasteiger partial charge in [0.25, 0.3) is 5.91 Å². The van der Waals surface area contributed by atoms with Gasteiger partial charge in [-0.2, -0.15) is 0 Å². The van der Waals surface area contributed by atoms with E-state index in [-0.39, 0.29) is 36.5 Å². The molecule has 0 radical (unpaired) electrons. The lowest BCUT2D eigenvalue weighted by Gasteiger charge is -2.37. The number of carbonyl (C=O) groups excluding carboxylic acids is 2. The molecular weight excluding hydrogens is 384 g/mol. The highest BCUT2D eigenvalue weighted by molar-refractivity contribution is 5.99. The first kappa shape index (κ1) is 24.1. The van der Waals surface area contributed by atoms with Gasteiger partial charge in [0, 0.05) is 31.1 Å². The summed E-state index contributed by atoms with van der Waals surface area (Å²) in [6.45, 7) is 5.71. The van der Waals surface area contributed by atoms with Crippen molar-refractivity contribution >= 4 is 17.5 Å². The van der Waals surface area contributed by atoms with Crippen LogP contribution in [0.3, 0.4) is 0 Å². The van der Waals surface area contributed by atoms with E-state index >= 15 is 0 Å². The van der Waals surface area contributed by atoms with Crippen LogP contribution in [0.1, 0.15) is 37.0 Å². The second kappa shape index (κ2) is 11.3. The highest BCUT2D eigenvalue weighted by Crippen LogP contribution is 2.30. The third-order valence-corrected chi connectivity index (χ3v) is 5.36. The predicted octanol–water partition coefficient (Wildman–Crippen LogP) is 1.41. The molecule has 30 heavy (non-hydrogen) atoms. The largest absolute Gasteiger partial charge is 0.488 e. The number of nitrogens with one attached hydrogen (secondary N) is 2. The van der Waals surface area contributed by atoms with Gasteiger partial charge in [-0.25, -0.2) is 0 Å². The van der Waals surface area contributed by atoms with Gasteiger partial charge in [0.1, 0.15) is 11.9 Å². The summed E-state index contributed by atoms with van der Waals surface area (Å²) in [4.78, 5) is 29.3. The van der Waals surface area contributed by atoms with E-state index in [2.05, 4.69) is 10.6 Å². The van der Waals surface area contributed by atoms with Gasteiger partial charge in [0.2, 0.25) is 5.91 Å². The van der Waals surface area contributed by atoms with Crippen LogP contribution in [0.4, 0.5) is 5.69 Å². The highest BCUT2D eigenvalue weighted by atomic mass is 16.5. The van der Waals surface area contributed by atoms with E-state index in [4.69, 9.17) is 4.74 Å². The number of nitrogens with zero attached hydrogens (tertiary/aromatic N) is 2. The summed E-state index contributed by atoms with van der Waals surface area (Å²) < 4.78 is 6.18. The first-order valence-electron chi connectivity index (χ1n) is 10.6. The third kappa shape index (κ3) is 6.42. The normalized spacial score (nSPS) is 20.2. The van der Waals surface area contributed by atoms with Crippen LogP contribution in [0.15, 0.2) is 18.2 Å². The number of amides is 2. The Labute approximate surface area is 179 Å². The standard InChI is InChI=1S/C22H36N4O4/c1-15-13-26(16(2)14-27)22(29)18-11-17(24-21(28)7-6-10-25(4)5)8-9-19(18)30-20(15)12-23-3/h8-9,11,15-16,20,23,27H,6-7,10,12-14H2,1-5H3,(H,24,28)/t15-,16-,20+/m1/s1. The van der Waals surface area contributed by atoms with Crippen LogP contribution in [-0.2, 0) is 4.79 Å². The number of rotatable bonds is 9. The molecule has 0 aliphatic carbocycles. The number of ether oxygens (including phenoxy) is 1. The number of likely N-dealkylation sites (N-methyl/N-ethyl adjacent to an activating group) is 1. The molecule has 1 aliphatic heterocycles. The van der Waals surface area contributed by atoms with Crippen molar-refractivity contribution in [1.29, 1.82) is 0 Å². The minimum atomic E-state index is -0.314. The molecule has 1 aromatic rings. The second-order valence-electron chi connectivity index (χ2n) is 8.35. The number of hydrogen-bond donors (Lipinski definition) is 3. The summed E-state index contributed by atoms with van der Waals surface area (Å²) in [6.07, 6.45) is 1.05. The van der Waals surface area contributed by atoms with E-state index in [9.17, 15) is 14.7 Å². The number of fused-ring (bicyclic) bond motifs is 1. The molecule has 0 aromatic heterocycles. The summed E-state index contributed by atoms with van der Waals surface area (Å²) in [7, 11) is 5.81. The maximum atomic E-state index is 13.3. The summed E-state index contributed by atoms with van der Waals surface area (Å²) in [6, 6.07) is 4.86. The molecule has 3 N–H and O–H groups in total. The Hall–Kier alpha value is -2.16. The molecule has 1 aliphatic rings. The maximum Gasteiger partial charge on any atom is 0.258 e. The molecule has 8 heteroatoms. The average molecular weight is 421 g/mol. The van der Waals surface area contributed by atoms with E-state index in [0.29, 0.717) is 36.5 Å². The van der Waals surface area contributed by atoms with Gasteiger partial charge in [-0.3, -0.25) is 9.59 Å². The third-order valence-electron chi connectivity index (χ3n) is 5.36. The molecule has 0 saturated heterocycles. The molecule has 0 saturated carbocycles. The van der Waals surface area contributed by atoms with Crippen molar-refractivity contribution in [3.05, 3.63) is 23.8 Å². The Bertz CT molecular complexity index is 725. The van der Waals surface area contributed by atoms with Crippen LogP contribution in [0, 0.1) is 5.92 Å². The number of aliphatic hydroxyl groups excluding tert-OH is 1. The van der Waals surface area contributed by atoms with Gasteiger partial charge >= 0.3 is 0 Å².